The van der Waals surface area contributed by atoms with Gasteiger partial charge in [-0.25, -0.2) is 0 Å². The second-order valence-electron chi connectivity index (χ2n) is 5.79. The average molecular weight is 350 g/mol. The molecule has 0 radical (unpaired) electrons. The highest BCUT2D eigenvalue weighted by Gasteiger charge is 2.07. The first kappa shape index (κ1) is 23.8. The van der Waals surface area contributed by atoms with Gasteiger partial charge in [0.05, 0.1) is 65.6 Å². The maximum absolute atomic E-state index is 9.31. The van der Waals surface area contributed by atoms with Crippen LogP contribution in [0.2, 0.25) is 0 Å². The summed E-state index contributed by atoms with van der Waals surface area (Å²) in [4.78, 5) is 0. The molecule has 1 atom stereocenters. The molecule has 0 saturated carbocycles. The standard InChI is InChI=1S/C18H38O6/c1-2-3-4-5-6-7-8-18(17-20)24-16-15-23-14-13-22-12-11-21-10-9-19/h18-20H,2-17H2,1H3. The summed E-state index contributed by atoms with van der Waals surface area (Å²) in [5, 5.41) is 17.8. The van der Waals surface area contributed by atoms with Crippen molar-refractivity contribution in [2.75, 3.05) is 59.5 Å². The van der Waals surface area contributed by atoms with Crippen molar-refractivity contribution in [2.24, 2.45) is 0 Å². The van der Waals surface area contributed by atoms with Crippen molar-refractivity contribution >= 4 is 0 Å². The predicted octanol–water partition coefficient (Wildman–Crippen LogP) is 2.16. The Balaban J connectivity index is 3.25. The van der Waals surface area contributed by atoms with Crippen molar-refractivity contribution in [1.29, 1.82) is 0 Å². The van der Waals surface area contributed by atoms with Gasteiger partial charge in [-0.05, 0) is 6.42 Å². The molecule has 6 nitrogen and oxygen atoms in total. The summed E-state index contributed by atoms with van der Waals surface area (Å²) >= 11 is 0. The van der Waals surface area contributed by atoms with Gasteiger partial charge >= 0.3 is 0 Å². The third kappa shape index (κ3) is 18.1. The monoisotopic (exact) mass is 350 g/mol. The molecule has 0 rings (SSSR count). The van der Waals surface area contributed by atoms with Gasteiger partial charge in [0.25, 0.3) is 0 Å². The van der Waals surface area contributed by atoms with Crippen LogP contribution in [-0.4, -0.2) is 75.8 Å². The van der Waals surface area contributed by atoms with Crippen LogP contribution < -0.4 is 0 Å². The van der Waals surface area contributed by atoms with Crippen molar-refractivity contribution < 1.29 is 29.2 Å². The second-order valence-corrected chi connectivity index (χ2v) is 5.79. The molecular formula is C18H38O6. The van der Waals surface area contributed by atoms with Crippen LogP contribution in [0, 0.1) is 0 Å². The Hall–Kier alpha value is -0.240. The van der Waals surface area contributed by atoms with Crippen LogP contribution in [0.5, 0.6) is 0 Å². The molecule has 1 unspecified atom stereocenters. The Morgan fingerprint density at radius 1 is 0.667 bits per heavy atom. The fraction of sp³-hybridized carbons (Fsp3) is 1.00. The fourth-order valence-electron chi connectivity index (χ4n) is 2.26. The molecule has 24 heavy (non-hydrogen) atoms. The summed E-state index contributed by atoms with van der Waals surface area (Å²) in [5.41, 5.74) is 0. The van der Waals surface area contributed by atoms with E-state index in [1.165, 1.54) is 32.1 Å². The van der Waals surface area contributed by atoms with Crippen molar-refractivity contribution in [2.45, 2.75) is 58.0 Å². The Morgan fingerprint density at radius 2 is 1.21 bits per heavy atom. The van der Waals surface area contributed by atoms with Crippen LogP contribution in [0.25, 0.3) is 0 Å². The Labute approximate surface area is 147 Å². The minimum Gasteiger partial charge on any atom is -0.394 e. The van der Waals surface area contributed by atoms with Gasteiger partial charge in [-0.15, -0.1) is 0 Å². The maximum atomic E-state index is 9.31. The van der Waals surface area contributed by atoms with Gasteiger partial charge in [-0.2, -0.15) is 0 Å². The molecule has 0 aromatic carbocycles. The topological polar surface area (TPSA) is 77.4 Å². The summed E-state index contributed by atoms with van der Waals surface area (Å²) in [6, 6.07) is 0. The number of aliphatic hydroxyl groups excluding tert-OH is 2. The van der Waals surface area contributed by atoms with Gasteiger partial charge in [-0.1, -0.05) is 45.4 Å². The van der Waals surface area contributed by atoms with Crippen LogP contribution in [-0.2, 0) is 18.9 Å². The van der Waals surface area contributed by atoms with Crippen molar-refractivity contribution in [1.82, 2.24) is 0 Å². The van der Waals surface area contributed by atoms with E-state index in [-0.39, 0.29) is 19.3 Å². The molecule has 0 saturated heterocycles. The second kappa shape index (κ2) is 20.8. The zero-order chi connectivity index (χ0) is 17.7. The molecule has 0 aliphatic heterocycles. The minimum absolute atomic E-state index is 0.0385. The molecule has 0 aromatic heterocycles. The van der Waals surface area contributed by atoms with Crippen molar-refractivity contribution in [3.63, 3.8) is 0 Å². The molecule has 6 heteroatoms. The summed E-state index contributed by atoms with van der Waals surface area (Å²) in [6.45, 7) is 5.72. The number of rotatable bonds is 20. The van der Waals surface area contributed by atoms with Crippen LogP contribution in [0.3, 0.4) is 0 Å². The SMILES string of the molecule is CCCCCCCCC(CO)OCCOCCOCCOCCO. The molecule has 0 bridgehead atoms. The first-order chi connectivity index (χ1) is 11.8. The molecule has 146 valence electrons. The van der Waals surface area contributed by atoms with Gasteiger partial charge in [0, 0.05) is 0 Å². The Morgan fingerprint density at radius 3 is 1.79 bits per heavy atom. The predicted molar refractivity (Wildman–Crippen MR) is 94.4 cm³/mol. The Bertz CT molecular complexity index is 228. The average Bonchev–Trinajstić information content (AvgIpc) is 2.60. The molecule has 0 amide bonds. The third-order valence-electron chi connectivity index (χ3n) is 3.64. The number of ether oxygens (including phenoxy) is 4. The highest BCUT2D eigenvalue weighted by Crippen LogP contribution is 2.10. The normalized spacial score (nSPS) is 12.6. The zero-order valence-corrected chi connectivity index (χ0v) is 15.4. The van der Waals surface area contributed by atoms with Gasteiger partial charge < -0.3 is 29.2 Å². The summed E-state index contributed by atoms with van der Waals surface area (Å²) in [7, 11) is 0. The lowest BCUT2D eigenvalue weighted by atomic mass is 10.1. The highest BCUT2D eigenvalue weighted by atomic mass is 16.6. The molecule has 0 heterocycles. The first-order valence-electron chi connectivity index (χ1n) is 9.41. The third-order valence-corrected chi connectivity index (χ3v) is 3.64. The largest absolute Gasteiger partial charge is 0.394 e. The lowest BCUT2D eigenvalue weighted by molar-refractivity contribution is -0.0360. The maximum Gasteiger partial charge on any atom is 0.0806 e. The summed E-state index contributed by atoms with van der Waals surface area (Å²) < 4.78 is 21.4. The summed E-state index contributed by atoms with van der Waals surface area (Å²) in [5.74, 6) is 0. The van der Waals surface area contributed by atoms with E-state index in [4.69, 9.17) is 24.1 Å². The lowest BCUT2D eigenvalue weighted by Crippen LogP contribution is -2.21. The molecule has 0 aromatic rings. The van der Waals surface area contributed by atoms with Crippen LogP contribution >= 0.6 is 0 Å². The van der Waals surface area contributed by atoms with Crippen LogP contribution in [0.4, 0.5) is 0 Å². The van der Waals surface area contributed by atoms with Gasteiger partial charge in [0.1, 0.15) is 0 Å². The van der Waals surface area contributed by atoms with Crippen LogP contribution in [0.15, 0.2) is 0 Å². The van der Waals surface area contributed by atoms with E-state index in [9.17, 15) is 5.11 Å². The molecular weight excluding hydrogens is 312 g/mol. The van der Waals surface area contributed by atoms with E-state index in [1.54, 1.807) is 0 Å². The van der Waals surface area contributed by atoms with E-state index in [0.29, 0.717) is 46.2 Å². The quantitative estimate of drug-likeness (QED) is 0.328. The Kier molecular flexibility index (Phi) is 20.6. The number of hydrogen-bond donors (Lipinski definition) is 2. The van der Waals surface area contributed by atoms with Crippen molar-refractivity contribution in [3.8, 4) is 0 Å². The molecule has 0 fully saturated rings. The molecule has 0 aliphatic rings. The van der Waals surface area contributed by atoms with E-state index >= 15 is 0 Å². The number of hydrogen-bond acceptors (Lipinski definition) is 6. The van der Waals surface area contributed by atoms with Gasteiger partial charge in [0.2, 0.25) is 0 Å². The van der Waals surface area contributed by atoms with E-state index in [0.717, 1.165) is 12.8 Å². The van der Waals surface area contributed by atoms with E-state index in [1.807, 2.05) is 0 Å². The lowest BCUT2D eigenvalue weighted by Gasteiger charge is -2.15. The van der Waals surface area contributed by atoms with E-state index in [2.05, 4.69) is 6.92 Å². The summed E-state index contributed by atoms with van der Waals surface area (Å²) in [6.07, 6.45) is 8.35. The smallest absolute Gasteiger partial charge is 0.0806 e. The number of unbranched alkanes of at least 4 members (excludes halogenated alkanes) is 5. The molecule has 0 spiro atoms. The van der Waals surface area contributed by atoms with Gasteiger partial charge in [-0.3, -0.25) is 0 Å². The first-order valence-corrected chi connectivity index (χ1v) is 9.41. The van der Waals surface area contributed by atoms with Crippen LogP contribution in [0.1, 0.15) is 51.9 Å². The molecule has 0 aliphatic carbocycles. The number of aliphatic hydroxyl groups is 2. The highest BCUT2D eigenvalue weighted by molar-refractivity contribution is 4.57. The minimum atomic E-state index is -0.0697. The molecule has 2 N–H and O–H groups in total. The van der Waals surface area contributed by atoms with E-state index < -0.39 is 0 Å². The van der Waals surface area contributed by atoms with Gasteiger partial charge in [0.15, 0.2) is 0 Å². The van der Waals surface area contributed by atoms with Crippen molar-refractivity contribution in [3.05, 3.63) is 0 Å². The zero-order valence-electron chi connectivity index (χ0n) is 15.4. The fourth-order valence-corrected chi connectivity index (χ4v) is 2.26.